The van der Waals surface area contributed by atoms with Gasteiger partial charge in [0.15, 0.2) is 11.5 Å². The van der Waals surface area contributed by atoms with E-state index in [1.165, 1.54) is 15.6 Å². The number of thiophene rings is 1. The number of methoxy groups -OCH3 is 3. The molecule has 1 unspecified atom stereocenters. The van der Waals surface area contributed by atoms with E-state index >= 15 is 0 Å². The number of ether oxygens (including phenoxy) is 3. The molecule has 2 heterocycles. The van der Waals surface area contributed by atoms with Gasteiger partial charge >= 0.3 is 0 Å². The topological polar surface area (TPSA) is 74.0 Å². The van der Waals surface area contributed by atoms with E-state index in [2.05, 4.69) is 18.4 Å². The number of nitrogens with two attached hydrogens (primary N) is 1. The molecule has 0 bridgehead atoms. The van der Waals surface area contributed by atoms with Crippen LogP contribution in [-0.2, 0) is 13.0 Å². The van der Waals surface area contributed by atoms with Gasteiger partial charge in [-0.1, -0.05) is 6.07 Å². The first-order chi connectivity index (χ1) is 15.4. The number of hydrogen-bond donors (Lipinski definition) is 1. The number of carbonyl (C=O) groups is 1. The average Bonchev–Trinajstić information content (AvgIpc) is 3.36. The third kappa shape index (κ3) is 4.27. The zero-order valence-electron chi connectivity index (χ0n) is 19.1. The molecule has 0 spiro atoms. The number of nitrogens with zero attached hydrogens (tertiary/aromatic N) is 1. The summed E-state index contributed by atoms with van der Waals surface area (Å²) in [5.74, 6) is 2.14. The normalized spacial score (nSPS) is 15.0. The van der Waals surface area contributed by atoms with Gasteiger partial charge in [0, 0.05) is 34.3 Å². The quantitative estimate of drug-likeness (QED) is 0.511. The molecule has 0 saturated carbocycles. The Bertz CT molecular complexity index is 1140. The van der Waals surface area contributed by atoms with E-state index in [0.29, 0.717) is 30.2 Å². The molecular formula is C25H30N2O4S. The van der Waals surface area contributed by atoms with Crippen molar-refractivity contribution in [3.8, 4) is 17.2 Å². The van der Waals surface area contributed by atoms with E-state index in [-0.39, 0.29) is 11.4 Å². The monoisotopic (exact) mass is 454 g/mol. The van der Waals surface area contributed by atoms with Gasteiger partial charge in [-0.2, -0.15) is 0 Å². The zero-order valence-corrected chi connectivity index (χ0v) is 19.9. The third-order valence-corrected chi connectivity index (χ3v) is 7.26. The Hall–Kier alpha value is -2.77. The molecule has 0 radical (unpaired) electrons. The Morgan fingerprint density at radius 2 is 1.78 bits per heavy atom. The Balaban J connectivity index is 1.40. The maximum Gasteiger partial charge on any atom is 0.254 e. The molecule has 1 aromatic heterocycles. The minimum Gasteiger partial charge on any atom is -0.496 e. The fourth-order valence-corrected chi connectivity index (χ4v) is 5.30. The van der Waals surface area contributed by atoms with Crippen molar-refractivity contribution >= 4 is 27.3 Å². The Kier molecular flexibility index (Phi) is 6.31. The molecule has 0 aliphatic carbocycles. The molecule has 7 heteroatoms. The largest absolute Gasteiger partial charge is 0.496 e. The SMILES string of the molecule is COc1cc2c(cc1OC)C(=O)N(CCC(C)(N)CCc1csc3cccc(OC)c13)C2. The summed E-state index contributed by atoms with van der Waals surface area (Å²) in [6.07, 6.45) is 2.42. The van der Waals surface area contributed by atoms with Crippen LogP contribution in [0.3, 0.4) is 0 Å². The lowest BCUT2D eigenvalue weighted by Crippen LogP contribution is -2.40. The average molecular weight is 455 g/mol. The fourth-order valence-electron chi connectivity index (χ4n) is 4.29. The number of benzene rings is 2. The van der Waals surface area contributed by atoms with Crippen LogP contribution < -0.4 is 19.9 Å². The van der Waals surface area contributed by atoms with Crippen LogP contribution in [0.1, 0.15) is 41.3 Å². The predicted octanol–water partition coefficient (Wildman–Crippen LogP) is 4.62. The first-order valence-corrected chi connectivity index (χ1v) is 11.6. The molecule has 2 aromatic carbocycles. The van der Waals surface area contributed by atoms with Gasteiger partial charge in [0.05, 0.1) is 21.3 Å². The molecule has 3 aromatic rings. The summed E-state index contributed by atoms with van der Waals surface area (Å²) < 4.78 is 17.5. The van der Waals surface area contributed by atoms with E-state index in [9.17, 15) is 4.79 Å². The number of amides is 1. The highest BCUT2D eigenvalue weighted by molar-refractivity contribution is 7.17. The van der Waals surface area contributed by atoms with Crippen LogP contribution in [0.5, 0.6) is 17.2 Å². The minimum absolute atomic E-state index is 0.0188. The van der Waals surface area contributed by atoms with Gasteiger partial charge in [-0.05, 0) is 67.0 Å². The van der Waals surface area contributed by atoms with Gasteiger partial charge in [0.1, 0.15) is 5.75 Å². The first-order valence-electron chi connectivity index (χ1n) is 10.7. The lowest BCUT2D eigenvalue weighted by atomic mass is 9.90. The number of carbonyl (C=O) groups excluding carboxylic acids is 1. The summed E-state index contributed by atoms with van der Waals surface area (Å²) in [5.41, 5.74) is 9.18. The van der Waals surface area contributed by atoms with Crippen molar-refractivity contribution in [2.24, 2.45) is 5.73 Å². The van der Waals surface area contributed by atoms with Crippen molar-refractivity contribution < 1.29 is 19.0 Å². The van der Waals surface area contributed by atoms with Crippen LogP contribution in [0.15, 0.2) is 35.7 Å². The molecule has 1 aliphatic heterocycles. The zero-order chi connectivity index (χ0) is 22.9. The van der Waals surface area contributed by atoms with Crippen molar-refractivity contribution in [2.45, 2.75) is 38.3 Å². The Morgan fingerprint density at radius 3 is 2.50 bits per heavy atom. The van der Waals surface area contributed by atoms with Gasteiger partial charge in [-0.25, -0.2) is 0 Å². The van der Waals surface area contributed by atoms with Gasteiger partial charge in [0.2, 0.25) is 0 Å². The maximum atomic E-state index is 12.9. The van der Waals surface area contributed by atoms with Gasteiger partial charge in [-0.15, -0.1) is 11.3 Å². The second-order valence-electron chi connectivity index (χ2n) is 8.59. The van der Waals surface area contributed by atoms with E-state index in [4.69, 9.17) is 19.9 Å². The third-order valence-electron chi connectivity index (χ3n) is 6.26. The molecule has 1 atom stereocenters. The first kappa shape index (κ1) is 22.4. The van der Waals surface area contributed by atoms with Crippen molar-refractivity contribution in [3.63, 3.8) is 0 Å². The highest BCUT2D eigenvalue weighted by Gasteiger charge is 2.31. The van der Waals surface area contributed by atoms with Crippen molar-refractivity contribution in [3.05, 3.63) is 52.4 Å². The lowest BCUT2D eigenvalue weighted by molar-refractivity contribution is 0.0766. The molecule has 0 saturated heterocycles. The van der Waals surface area contributed by atoms with E-state index in [1.807, 2.05) is 23.1 Å². The molecule has 4 rings (SSSR count). The summed E-state index contributed by atoms with van der Waals surface area (Å²) in [7, 11) is 4.89. The van der Waals surface area contributed by atoms with Gasteiger partial charge in [-0.3, -0.25) is 4.79 Å². The van der Waals surface area contributed by atoms with Crippen molar-refractivity contribution in [1.29, 1.82) is 0 Å². The summed E-state index contributed by atoms with van der Waals surface area (Å²) in [6.45, 7) is 3.24. The molecule has 170 valence electrons. The van der Waals surface area contributed by atoms with Crippen LogP contribution >= 0.6 is 11.3 Å². The molecule has 2 N–H and O–H groups in total. The summed E-state index contributed by atoms with van der Waals surface area (Å²) in [4.78, 5) is 14.8. The lowest BCUT2D eigenvalue weighted by Gasteiger charge is -2.27. The summed E-state index contributed by atoms with van der Waals surface area (Å²) in [6, 6.07) is 9.80. The molecule has 1 amide bonds. The number of aryl methyl sites for hydroxylation is 1. The molecule has 1 aliphatic rings. The molecular weight excluding hydrogens is 424 g/mol. The highest BCUT2D eigenvalue weighted by Crippen LogP contribution is 2.36. The van der Waals surface area contributed by atoms with E-state index < -0.39 is 0 Å². The molecule has 0 fully saturated rings. The summed E-state index contributed by atoms with van der Waals surface area (Å²) >= 11 is 1.73. The number of rotatable bonds is 9. The van der Waals surface area contributed by atoms with E-state index in [0.717, 1.165) is 30.6 Å². The van der Waals surface area contributed by atoms with Crippen LogP contribution in [-0.4, -0.2) is 44.2 Å². The highest BCUT2D eigenvalue weighted by atomic mass is 32.1. The second kappa shape index (κ2) is 9.00. The van der Waals surface area contributed by atoms with E-state index in [1.54, 1.807) is 38.7 Å². The fraction of sp³-hybridized carbons (Fsp3) is 0.400. The number of hydrogen-bond acceptors (Lipinski definition) is 6. The number of fused-ring (bicyclic) bond motifs is 2. The Morgan fingerprint density at radius 1 is 1.06 bits per heavy atom. The maximum absolute atomic E-state index is 12.9. The second-order valence-corrected chi connectivity index (χ2v) is 9.50. The van der Waals surface area contributed by atoms with Gasteiger partial charge < -0.3 is 24.8 Å². The van der Waals surface area contributed by atoms with Crippen LogP contribution in [0.2, 0.25) is 0 Å². The van der Waals surface area contributed by atoms with Gasteiger partial charge in [0.25, 0.3) is 5.91 Å². The smallest absolute Gasteiger partial charge is 0.254 e. The minimum atomic E-state index is -0.388. The molecule has 32 heavy (non-hydrogen) atoms. The van der Waals surface area contributed by atoms with Crippen molar-refractivity contribution in [1.82, 2.24) is 4.90 Å². The van der Waals surface area contributed by atoms with Crippen LogP contribution in [0.4, 0.5) is 0 Å². The molecule has 6 nitrogen and oxygen atoms in total. The predicted molar refractivity (Wildman–Crippen MR) is 128 cm³/mol. The van der Waals surface area contributed by atoms with Crippen LogP contribution in [0, 0.1) is 0 Å². The standard InChI is InChI=1S/C25H30N2O4S/c1-25(26,9-8-16-15-32-22-7-5-6-19(29-2)23(16)22)10-11-27-14-17-12-20(30-3)21(31-4)13-18(17)24(27)28/h5-7,12-13,15H,8-11,14,26H2,1-4H3. The van der Waals surface area contributed by atoms with Crippen molar-refractivity contribution in [2.75, 3.05) is 27.9 Å². The Labute approximate surface area is 192 Å². The van der Waals surface area contributed by atoms with Crippen LogP contribution in [0.25, 0.3) is 10.1 Å². The summed E-state index contributed by atoms with van der Waals surface area (Å²) in [5, 5.41) is 3.38.